The molecule has 0 aromatic rings. The van der Waals surface area contributed by atoms with Crippen LogP contribution in [0, 0.1) is 21.7 Å². The van der Waals surface area contributed by atoms with Gasteiger partial charge in [0.15, 0.2) is 11.2 Å². The molecule has 4 bridgehead atoms. The number of amides is 2. The minimum atomic E-state index is -1.13. The van der Waals surface area contributed by atoms with Crippen LogP contribution in [0.1, 0.15) is 67.2 Å². The lowest BCUT2D eigenvalue weighted by Crippen LogP contribution is -2.62. The molecule has 3 heterocycles. The maximum Gasteiger partial charge on any atom is 0.313 e. The van der Waals surface area contributed by atoms with E-state index in [2.05, 4.69) is 0 Å². The molecule has 5 aliphatic rings. The topological polar surface area (TPSA) is 93.2 Å². The first kappa shape index (κ1) is 21.7. The molecular weight excluding hydrogens is 412 g/mol. The van der Waals surface area contributed by atoms with Crippen LogP contribution < -0.4 is 0 Å². The van der Waals surface area contributed by atoms with Gasteiger partial charge in [0.05, 0.1) is 10.8 Å². The van der Waals surface area contributed by atoms with Gasteiger partial charge in [0.25, 0.3) is 11.8 Å². The lowest BCUT2D eigenvalue weighted by atomic mass is 9.66. The molecule has 2 aliphatic carbocycles. The zero-order valence-corrected chi connectivity index (χ0v) is 20.0. The molecule has 3 saturated heterocycles. The summed E-state index contributed by atoms with van der Waals surface area (Å²) in [5, 5.41) is 0. The van der Waals surface area contributed by atoms with E-state index >= 15 is 0 Å². The Hall–Kier alpha value is -2.12. The van der Waals surface area contributed by atoms with E-state index in [9.17, 15) is 19.2 Å². The van der Waals surface area contributed by atoms with Crippen molar-refractivity contribution in [1.29, 1.82) is 0 Å². The number of esters is 2. The van der Waals surface area contributed by atoms with E-state index in [-0.39, 0.29) is 23.8 Å². The summed E-state index contributed by atoms with van der Waals surface area (Å²) in [6.45, 7) is 13.1. The van der Waals surface area contributed by atoms with E-state index in [1.807, 2.05) is 41.5 Å². The number of hydrogen-bond donors (Lipinski definition) is 0. The number of carbonyl (C=O) groups excluding carboxylic acids is 4. The van der Waals surface area contributed by atoms with Crippen LogP contribution in [0.4, 0.5) is 0 Å². The molecule has 8 heteroatoms. The molecule has 0 spiro atoms. The van der Waals surface area contributed by atoms with Crippen molar-refractivity contribution in [2.75, 3.05) is 26.2 Å². The highest BCUT2D eigenvalue weighted by molar-refractivity contribution is 5.97. The highest BCUT2D eigenvalue weighted by Gasteiger charge is 2.77. The summed E-state index contributed by atoms with van der Waals surface area (Å²) in [6, 6.07) is 0. The third-order valence-electron chi connectivity index (χ3n) is 10.7. The average molecular weight is 447 g/mol. The van der Waals surface area contributed by atoms with Gasteiger partial charge in [-0.05, 0) is 39.5 Å². The molecule has 32 heavy (non-hydrogen) atoms. The second-order valence-corrected chi connectivity index (χ2v) is 11.9. The molecule has 3 aliphatic heterocycles. The lowest BCUT2D eigenvalue weighted by molar-refractivity contribution is -0.179. The fourth-order valence-electron chi connectivity index (χ4n) is 7.07. The predicted molar refractivity (Wildman–Crippen MR) is 113 cm³/mol. The van der Waals surface area contributed by atoms with Gasteiger partial charge in [0, 0.05) is 37.0 Å². The molecule has 2 amide bonds. The monoisotopic (exact) mass is 446 g/mol. The minimum absolute atomic E-state index is 0.150. The van der Waals surface area contributed by atoms with Gasteiger partial charge in [-0.2, -0.15) is 0 Å². The van der Waals surface area contributed by atoms with Gasteiger partial charge in [0.1, 0.15) is 0 Å². The average Bonchev–Trinajstić information content (AvgIpc) is 3.21. The first-order valence-electron chi connectivity index (χ1n) is 11.8. The fourth-order valence-corrected chi connectivity index (χ4v) is 7.07. The number of nitrogens with zero attached hydrogens (tertiary/aromatic N) is 2. The number of piperazine rings is 1. The molecule has 0 unspecified atom stereocenters. The molecular formula is C24H34N2O6. The van der Waals surface area contributed by atoms with Crippen LogP contribution >= 0.6 is 0 Å². The molecule has 0 N–H and O–H groups in total. The van der Waals surface area contributed by atoms with Crippen LogP contribution in [0.3, 0.4) is 0 Å². The number of fused-ring (bicyclic) bond motifs is 4. The third-order valence-corrected chi connectivity index (χ3v) is 10.7. The van der Waals surface area contributed by atoms with Gasteiger partial charge in [-0.3, -0.25) is 19.2 Å². The molecule has 5 rings (SSSR count). The SMILES string of the molecule is CC1(C)[C@@]2(C(=O)N3CCN(C(=O)[C@@]45CC[C@](C)(C(=O)O4)C5(C)C)CC3)CC[C@]1(C)C(=O)O2. The smallest absolute Gasteiger partial charge is 0.313 e. The summed E-state index contributed by atoms with van der Waals surface area (Å²) >= 11 is 0. The summed E-state index contributed by atoms with van der Waals surface area (Å²) in [4.78, 5) is 55.8. The Labute approximate surface area is 188 Å². The summed E-state index contributed by atoms with van der Waals surface area (Å²) in [5.74, 6) is -0.874. The largest absolute Gasteiger partial charge is 0.448 e. The van der Waals surface area contributed by atoms with Gasteiger partial charge in [-0.25, -0.2) is 0 Å². The zero-order chi connectivity index (χ0) is 23.5. The third kappa shape index (κ3) is 2.02. The summed E-state index contributed by atoms with van der Waals surface area (Å²) < 4.78 is 11.5. The molecule has 0 aromatic carbocycles. The van der Waals surface area contributed by atoms with Crippen molar-refractivity contribution in [3.63, 3.8) is 0 Å². The van der Waals surface area contributed by atoms with E-state index in [0.29, 0.717) is 51.9 Å². The Kier molecular flexibility index (Phi) is 3.98. The van der Waals surface area contributed by atoms with Gasteiger partial charge in [-0.15, -0.1) is 0 Å². The maximum atomic E-state index is 13.6. The first-order chi connectivity index (χ1) is 14.7. The van der Waals surface area contributed by atoms with Gasteiger partial charge >= 0.3 is 11.9 Å². The van der Waals surface area contributed by atoms with Crippen molar-refractivity contribution in [2.24, 2.45) is 21.7 Å². The summed E-state index contributed by atoms with van der Waals surface area (Å²) in [5.41, 5.74) is -4.72. The molecule has 8 nitrogen and oxygen atoms in total. The number of carbonyl (C=O) groups is 4. The second-order valence-electron chi connectivity index (χ2n) is 11.9. The first-order valence-corrected chi connectivity index (χ1v) is 11.8. The Morgan fingerprint density at radius 2 is 0.938 bits per heavy atom. The quantitative estimate of drug-likeness (QED) is 0.602. The molecule has 2 saturated carbocycles. The van der Waals surface area contributed by atoms with Crippen LogP contribution in [0.15, 0.2) is 0 Å². The van der Waals surface area contributed by atoms with Crippen LogP contribution in [0.2, 0.25) is 0 Å². The van der Waals surface area contributed by atoms with Crippen LogP contribution in [-0.2, 0) is 28.7 Å². The van der Waals surface area contributed by atoms with Gasteiger partial charge < -0.3 is 19.3 Å². The molecule has 4 atom stereocenters. The predicted octanol–water partition coefficient (Wildman–Crippen LogP) is 1.90. The highest BCUT2D eigenvalue weighted by Crippen LogP contribution is 2.67. The Bertz CT molecular complexity index is 874. The molecule has 176 valence electrons. The van der Waals surface area contributed by atoms with E-state index in [1.54, 1.807) is 9.80 Å². The normalized spacial score (nSPS) is 43.4. The van der Waals surface area contributed by atoms with Gasteiger partial charge in [0.2, 0.25) is 0 Å². The molecule has 5 fully saturated rings. The molecule has 0 aromatic heterocycles. The van der Waals surface area contributed by atoms with Crippen molar-refractivity contribution in [3.8, 4) is 0 Å². The van der Waals surface area contributed by atoms with E-state index in [1.165, 1.54) is 0 Å². The van der Waals surface area contributed by atoms with Crippen molar-refractivity contribution in [3.05, 3.63) is 0 Å². The van der Waals surface area contributed by atoms with Crippen LogP contribution in [-0.4, -0.2) is 70.9 Å². The lowest BCUT2D eigenvalue weighted by Gasteiger charge is -2.44. The highest BCUT2D eigenvalue weighted by atomic mass is 16.6. The maximum absolute atomic E-state index is 13.6. The van der Waals surface area contributed by atoms with E-state index < -0.39 is 32.9 Å². The van der Waals surface area contributed by atoms with Crippen molar-refractivity contribution < 1.29 is 28.7 Å². The fraction of sp³-hybridized carbons (Fsp3) is 0.833. The second kappa shape index (κ2) is 5.86. The van der Waals surface area contributed by atoms with E-state index in [4.69, 9.17) is 9.47 Å². The van der Waals surface area contributed by atoms with Crippen molar-refractivity contribution >= 4 is 23.8 Å². The van der Waals surface area contributed by atoms with Crippen molar-refractivity contribution in [2.45, 2.75) is 78.4 Å². The Morgan fingerprint density at radius 1 is 0.625 bits per heavy atom. The Balaban J connectivity index is 1.32. The molecule has 0 radical (unpaired) electrons. The summed E-state index contributed by atoms with van der Waals surface area (Å²) in [6.07, 6.45) is 2.35. The Morgan fingerprint density at radius 3 is 1.16 bits per heavy atom. The minimum Gasteiger partial charge on any atom is -0.448 e. The summed E-state index contributed by atoms with van der Waals surface area (Å²) in [7, 11) is 0. The van der Waals surface area contributed by atoms with E-state index in [0.717, 1.165) is 0 Å². The van der Waals surface area contributed by atoms with Crippen LogP contribution in [0.5, 0.6) is 0 Å². The number of rotatable bonds is 2. The standard InChI is InChI=1S/C24H34N2O6/c1-19(2)21(5)7-9-23(19,31-17(21)29)15(27)25-11-13-26(14-12-25)16(28)24-10-8-22(6,18(30)32-24)20(24,3)4/h7-14H2,1-6H3/t21-,22-,23-,24+/m1/s1. The number of hydrogen-bond acceptors (Lipinski definition) is 6. The van der Waals surface area contributed by atoms with Crippen LogP contribution in [0.25, 0.3) is 0 Å². The van der Waals surface area contributed by atoms with Crippen molar-refractivity contribution in [1.82, 2.24) is 9.80 Å². The number of ether oxygens (including phenoxy) is 2. The zero-order valence-electron chi connectivity index (χ0n) is 20.0. The van der Waals surface area contributed by atoms with Gasteiger partial charge in [-0.1, -0.05) is 27.7 Å².